The maximum atomic E-state index is 4.40. The topological polar surface area (TPSA) is 29.9 Å². The number of rotatable bonds is 4. The highest BCUT2D eigenvalue weighted by Crippen LogP contribution is 2.22. The van der Waals surface area contributed by atoms with Crippen molar-refractivity contribution < 1.29 is 0 Å². The molecule has 1 aromatic rings. The molecule has 1 N–H and O–H groups in total. The first-order chi connectivity index (χ1) is 8.19. The van der Waals surface area contributed by atoms with Crippen LogP contribution in [0.5, 0.6) is 0 Å². The van der Waals surface area contributed by atoms with Crippen molar-refractivity contribution in [1.82, 2.24) is 15.1 Å². The molecule has 0 spiro atoms. The van der Waals surface area contributed by atoms with Crippen molar-refractivity contribution in [3.63, 3.8) is 0 Å². The summed E-state index contributed by atoms with van der Waals surface area (Å²) >= 11 is 0. The largest absolute Gasteiger partial charge is 0.314 e. The Kier molecular flexibility index (Phi) is 4.21. The third kappa shape index (κ3) is 3.32. The number of piperidine rings is 1. The lowest BCUT2D eigenvalue weighted by Gasteiger charge is -2.29. The predicted molar refractivity (Wildman–Crippen MR) is 71.1 cm³/mol. The summed E-state index contributed by atoms with van der Waals surface area (Å²) in [5.74, 6) is 0.941. The van der Waals surface area contributed by atoms with Crippen molar-refractivity contribution in [2.24, 2.45) is 13.0 Å². The van der Waals surface area contributed by atoms with Crippen LogP contribution in [0.2, 0.25) is 0 Å². The summed E-state index contributed by atoms with van der Waals surface area (Å²) in [7, 11) is 2.00. The smallest absolute Gasteiger partial charge is 0.0625 e. The molecule has 3 heteroatoms. The average molecular weight is 235 g/mol. The van der Waals surface area contributed by atoms with Gasteiger partial charge < -0.3 is 5.32 Å². The second-order valence-electron chi connectivity index (χ2n) is 5.40. The number of aryl methyl sites for hydroxylation is 3. The van der Waals surface area contributed by atoms with Crippen LogP contribution >= 0.6 is 0 Å². The Labute approximate surface area is 105 Å². The zero-order valence-electron chi connectivity index (χ0n) is 11.4. The maximum absolute atomic E-state index is 4.40. The average Bonchev–Trinajstić information content (AvgIpc) is 2.65. The van der Waals surface area contributed by atoms with Crippen LogP contribution in [-0.4, -0.2) is 22.4 Å². The Balaban J connectivity index is 1.83. The van der Waals surface area contributed by atoms with Crippen LogP contribution in [0.25, 0.3) is 0 Å². The van der Waals surface area contributed by atoms with Gasteiger partial charge in [0.1, 0.15) is 0 Å². The number of nitrogens with one attached hydrogen (secondary N) is 1. The Morgan fingerprint density at radius 2 is 2.35 bits per heavy atom. The molecule has 1 aliphatic heterocycles. The molecular formula is C14H25N3. The van der Waals surface area contributed by atoms with Gasteiger partial charge in [0.2, 0.25) is 0 Å². The Hall–Kier alpha value is -0.830. The van der Waals surface area contributed by atoms with Crippen molar-refractivity contribution >= 4 is 0 Å². The molecule has 0 radical (unpaired) electrons. The van der Waals surface area contributed by atoms with E-state index >= 15 is 0 Å². The maximum Gasteiger partial charge on any atom is 0.0625 e. The van der Waals surface area contributed by atoms with E-state index in [1.165, 1.54) is 43.5 Å². The molecule has 2 rings (SSSR count). The molecule has 1 saturated heterocycles. The van der Waals surface area contributed by atoms with Crippen molar-refractivity contribution in [3.8, 4) is 0 Å². The van der Waals surface area contributed by atoms with E-state index in [2.05, 4.69) is 30.5 Å². The summed E-state index contributed by atoms with van der Waals surface area (Å²) in [5.41, 5.74) is 2.60. The molecule has 0 bridgehead atoms. The van der Waals surface area contributed by atoms with Gasteiger partial charge in [0, 0.05) is 19.3 Å². The van der Waals surface area contributed by atoms with Crippen LogP contribution < -0.4 is 5.32 Å². The first kappa shape index (κ1) is 12.6. The van der Waals surface area contributed by atoms with E-state index in [0.717, 1.165) is 12.3 Å². The molecule has 96 valence electrons. The van der Waals surface area contributed by atoms with E-state index < -0.39 is 0 Å². The minimum Gasteiger partial charge on any atom is -0.314 e. The van der Waals surface area contributed by atoms with Gasteiger partial charge in [-0.15, -0.1) is 0 Å². The Morgan fingerprint density at radius 3 is 3.00 bits per heavy atom. The van der Waals surface area contributed by atoms with E-state index in [0.29, 0.717) is 6.04 Å². The van der Waals surface area contributed by atoms with Crippen molar-refractivity contribution in [2.75, 3.05) is 6.54 Å². The fraction of sp³-hybridized carbons (Fsp3) is 0.786. The third-order valence-electron chi connectivity index (χ3n) is 4.06. The van der Waals surface area contributed by atoms with Gasteiger partial charge in [-0.3, -0.25) is 4.68 Å². The van der Waals surface area contributed by atoms with E-state index in [-0.39, 0.29) is 0 Å². The van der Waals surface area contributed by atoms with Crippen LogP contribution in [0, 0.1) is 12.8 Å². The normalized spacial score (nSPS) is 25.1. The van der Waals surface area contributed by atoms with E-state index in [1.54, 1.807) is 0 Å². The molecule has 0 saturated carbocycles. The number of hydrogen-bond donors (Lipinski definition) is 1. The van der Waals surface area contributed by atoms with Crippen molar-refractivity contribution in [3.05, 3.63) is 17.5 Å². The molecule has 0 aliphatic carbocycles. The fourth-order valence-corrected chi connectivity index (χ4v) is 2.91. The molecule has 1 aliphatic rings. The first-order valence-electron chi connectivity index (χ1n) is 6.91. The summed E-state index contributed by atoms with van der Waals surface area (Å²) in [6.07, 6.45) is 8.63. The van der Waals surface area contributed by atoms with E-state index in [4.69, 9.17) is 0 Å². The fourth-order valence-electron chi connectivity index (χ4n) is 2.91. The first-order valence-corrected chi connectivity index (χ1v) is 6.91. The number of hydrogen-bond acceptors (Lipinski definition) is 2. The minimum absolute atomic E-state index is 0.716. The highest BCUT2D eigenvalue weighted by Gasteiger charge is 2.20. The van der Waals surface area contributed by atoms with Crippen molar-refractivity contribution in [1.29, 1.82) is 0 Å². The van der Waals surface area contributed by atoms with Gasteiger partial charge in [0.05, 0.1) is 5.69 Å². The van der Waals surface area contributed by atoms with Crippen LogP contribution in [0.1, 0.15) is 43.9 Å². The SMILES string of the molecule is CCC1CCNC(CCc2cn(C)nc2C)C1. The van der Waals surface area contributed by atoms with Gasteiger partial charge in [-0.1, -0.05) is 13.3 Å². The minimum atomic E-state index is 0.716. The zero-order chi connectivity index (χ0) is 12.3. The highest BCUT2D eigenvalue weighted by molar-refractivity contribution is 5.15. The van der Waals surface area contributed by atoms with Gasteiger partial charge >= 0.3 is 0 Å². The molecule has 2 atom stereocenters. The molecule has 2 unspecified atom stereocenters. The zero-order valence-corrected chi connectivity index (χ0v) is 11.4. The van der Waals surface area contributed by atoms with E-state index in [1.807, 2.05) is 11.7 Å². The molecular weight excluding hydrogens is 210 g/mol. The predicted octanol–water partition coefficient (Wildman–Crippen LogP) is 2.44. The molecule has 17 heavy (non-hydrogen) atoms. The molecule has 0 amide bonds. The summed E-state index contributed by atoms with van der Waals surface area (Å²) < 4.78 is 1.92. The lowest BCUT2D eigenvalue weighted by atomic mass is 9.88. The van der Waals surface area contributed by atoms with Gasteiger partial charge in [0.25, 0.3) is 0 Å². The lowest BCUT2D eigenvalue weighted by molar-refractivity contribution is 0.285. The monoisotopic (exact) mass is 235 g/mol. The summed E-state index contributed by atoms with van der Waals surface area (Å²) in [5, 5.41) is 8.05. The molecule has 2 heterocycles. The van der Waals surface area contributed by atoms with Crippen LogP contribution in [-0.2, 0) is 13.5 Å². The highest BCUT2D eigenvalue weighted by atomic mass is 15.2. The summed E-state index contributed by atoms with van der Waals surface area (Å²) in [6, 6.07) is 0.716. The molecule has 3 nitrogen and oxygen atoms in total. The summed E-state index contributed by atoms with van der Waals surface area (Å²) in [6.45, 7) is 5.63. The van der Waals surface area contributed by atoms with E-state index in [9.17, 15) is 0 Å². The second kappa shape index (κ2) is 5.67. The second-order valence-corrected chi connectivity index (χ2v) is 5.40. The summed E-state index contributed by atoms with van der Waals surface area (Å²) in [4.78, 5) is 0. The Morgan fingerprint density at radius 1 is 1.53 bits per heavy atom. The third-order valence-corrected chi connectivity index (χ3v) is 4.06. The number of aromatic nitrogens is 2. The lowest BCUT2D eigenvalue weighted by Crippen LogP contribution is -2.38. The van der Waals surface area contributed by atoms with Crippen LogP contribution in [0.15, 0.2) is 6.20 Å². The van der Waals surface area contributed by atoms with Crippen LogP contribution in [0.3, 0.4) is 0 Å². The molecule has 1 aromatic heterocycles. The Bertz CT molecular complexity index is 356. The van der Waals surface area contributed by atoms with Crippen molar-refractivity contribution in [2.45, 2.75) is 52.0 Å². The molecule has 0 aromatic carbocycles. The van der Waals surface area contributed by atoms with Gasteiger partial charge in [-0.25, -0.2) is 0 Å². The van der Waals surface area contributed by atoms with Gasteiger partial charge in [-0.2, -0.15) is 5.10 Å². The van der Waals surface area contributed by atoms with Crippen LogP contribution in [0.4, 0.5) is 0 Å². The molecule has 1 fully saturated rings. The van der Waals surface area contributed by atoms with Gasteiger partial charge in [-0.05, 0) is 50.6 Å². The van der Waals surface area contributed by atoms with Gasteiger partial charge in [0.15, 0.2) is 0 Å². The number of nitrogens with zero attached hydrogens (tertiary/aromatic N) is 2. The standard InChI is InChI=1S/C14H25N3/c1-4-12-7-8-15-14(9-12)6-5-13-10-17(3)16-11(13)2/h10,12,14-15H,4-9H2,1-3H3. The quantitative estimate of drug-likeness (QED) is 0.868.